The van der Waals surface area contributed by atoms with E-state index in [2.05, 4.69) is 22.2 Å². The lowest BCUT2D eigenvalue weighted by molar-refractivity contribution is -0.146. The number of nitrogens with one attached hydrogen (secondary N) is 1. The summed E-state index contributed by atoms with van der Waals surface area (Å²) >= 11 is 0. The SMILES string of the molecule is COC(=O)C(CO)NC(=O)CC1c2ccccc2-c2ccccc21. The van der Waals surface area contributed by atoms with E-state index in [1.807, 2.05) is 36.4 Å². The van der Waals surface area contributed by atoms with Crippen molar-refractivity contribution in [3.63, 3.8) is 0 Å². The van der Waals surface area contributed by atoms with E-state index in [4.69, 9.17) is 0 Å². The third-order valence-corrected chi connectivity index (χ3v) is 4.36. The predicted molar refractivity (Wildman–Crippen MR) is 89.4 cm³/mol. The number of methoxy groups -OCH3 is 1. The standard InChI is InChI=1S/C19H19NO4/c1-24-19(23)17(11-21)20-18(22)10-16-14-8-4-2-6-12(14)13-7-3-5-9-15(13)16/h2-9,16-17,21H,10-11H2,1H3,(H,20,22). The third kappa shape index (κ3) is 2.90. The van der Waals surface area contributed by atoms with Gasteiger partial charge in [0.2, 0.25) is 5.91 Å². The van der Waals surface area contributed by atoms with Gasteiger partial charge in [0.25, 0.3) is 0 Å². The predicted octanol–water partition coefficient (Wildman–Crippen LogP) is 1.84. The summed E-state index contributed by atoms with van der Waals surface area (Å²) in [4.78, 5) is 23.9. The molecule has 2 aromatic carbocycles. The molecule has 124 valence electrons. The number of aliphatic hydroxyl groups is 1. The Bertz CT molecular complexity index is 726. The van der Waals surface area contributed by atoms with Crippen molar-refractivity contribution < 1.29 is 19.4 Å². The van der Waals surface area contributed by atoms with Gasteiger partial charge in [-0.25, -0.2) is 4.79 Å². The van der Waals surface area contributed by atoms with Gasteiger partial charge in [-0.05, 0) is 22.3 Å². The smallest absolute Gasteiger partial charge is 0.330 e. The molecule has 2 aromatic rings. The molecule has 0 spiro atoms. The lowest BCUT2D eigenvalue weighted by Gasteiger charge is -2.17. The first kappa shape index (κ1) is 16.2. The number of aliphatic hydroxyl groups excluding tert-OH is 1. The summed E-state index contributed by atoms with van der Waals surface area (Å²) in [7, 11) is 1.22. The first-order chi connectivity index (χ1) is 11.7. The van der Waals surface area contributed by atoms with E-state index < -0.39 is 18.6 Å². The highest BCUT2D eigenvalue weighted by Gasteiger charge is 2.30. The molecule has 0 aliphatic heterocycles. The Morgan fingerprint density at radius 1 is 1.08 bits per heavy atom. The van der Waals surface area contributed by atoms with Crippen LogP contribution in [0.1, 0.15) is 23.5 Å². The fourth-order valence-electron chi connectivity index (χ4n) is 3.24. The fraction of sp³-hybridized carbons (Fsp3) is 0.263. The second-order valence-electron chi connectivity index (χ2n) is 5.76. The molecule has 0 saturated heterocycles. The minimum Gasteiger partial charge on any atom is -0.467 e. The van der Waals surface area contributed by atoms with Gasteiger partial charge in [-0.15, -0.1) is 0 Å². The van der Waals surface area contributed by atoms with Crippen molar-refractivity contribution in [2.75, 3.05) is 13.7 Å². The minimum atomic E-state index is -1.03. The van der Waals surface area contributed by atoms with Gasteiger partial charge in [0, 0.05) is 12.3 Å². The lowest BCUT2D eigenvalue weighted by atomic mass is 9.93. The molecule has 0 saturated carbocycles. The van der Waals surface area contributed by atoms with Crippen LogP contribution in [0.15, 0.2) is 48.5 Å². The molecule has 0 aromatic heterocycles. The van der Waals surface area contributed by atoms with Crippen LogP contribution in [0.4, 0.5) is 0 Å². The molecular formula is C19H19NO4. The first-order valence-electron chi connectivity index (χ1n) is 7.82. The summed E-state index contributed by atoms with van der Waals surface area (Å²) in [5, 5.41) is 11.8. The summed E-state index contributed by atoms with van der Waals surface area (Å²) in [5.74, 6) is -1.01. The molecule has 1 aliphatic rings. The van der Waals surface area contributed by atoms with Crippen molar-refractivity contribution in [3.8, 4) is 11.1 Å². The quantitative estimate of drug-likeness (QED) is 0.823. The summed E-state index contributed by atoms with van der Waals surface area (Å²) in [6.45, 7) is -0.490. The van der Waals surface area contributed by atoms with Gasteiger partial charge in [0.1, 0.15) is 0 Å². The molecule has 0 heterocycles. The van der Waals surface area contributed by atoms with Gasteiger partial charge in [-0.1, -0.05) is 48.5 Å². The Kier molecular flexibility index (Phi) is 4.62. The number of benzene rings is 2. The van der Waals surface area contributed by atoms with Gasteiger partial charge < -0.3 is 15.2 Å². The number of esters is 1. The van der Waals surface area contributed by atoms with Crippen LogP contribution < -0.4 is 5.32 Å². The van der Waals surface area contributed by atoms with Gasteiger partial charge >= 0.3 is 5.97 Å². The molecule has 2 N–H and O–H groups in total. The summed E-state index contributed by atoms with van der Waals surface area (Å²) in [6.07, 6.45) is 0.210. The van der Waals surface area contributed by atoms with Crippen LogP contribution in [-0.2, 0) is 14.3 Å². The van der Waals surface area contributed by atoms with Crippen molar-refractivity contribution in [1.82, 2.24) is 5.32 Å². The zero-order valence-corrected chi connectivity index (χ0v) is 13.4. The number of hydrogen-bond donors (Lipinski definition) is 2. The van der Waals surface area contributed by atoms with Crippen LogP contribution in [0.25, 0.3) is 11.1 Å². The number of amides is 1. The van der Waals surface area contributed by atoms with Gasteiger partial charge in [0.05, 0.1) is 13.7 Å². The Morgan fingerprint density at radius 2 is 1.62 bits per heavy atom. The van der Waals surface area contributed by atoms with Crippen molar-refractivity contribution in [1.29, 1.82) is 0 Å². The summed E-state index contributed by atoms with van der Waals surface area (Å²) < 4.78 is 4.57. The Hall–Kier alpha value is -2.66. The van der Waals surface area contributed by atoms with E-state index >= 15 is 0 Å². The lowest BCUT2D eigenvalue weighted by Crippen LogP contribution is -2.44. The van der Waals surface area contributed by atoms with Crippen LogP contribution >= 0.6 is 0 Å². The highest BCUT2D eigenvalue weighted by atomic mass is 16.5. The van der Waals surface area contributed by atoms with Crippen LogP contribution in [0.5, 0.6) is 0 Å². The molecule has 24 heavy (non-hydrogen) atoms. The van der Waals surface area contributed by atoms with Gasteiger partial charge in [-0.2, -0.15) is 0 Å². The third-order valence-electron chi connectivity index (χ3n) is 4.36. The van der Waals surface area contributed by atoms with Crippen LogP contribution in [0, 0.1) is 0 Å². The van der Waals surface area contributed by atoms with Crippen molar-refractivity contribution in [3.05, 3.63) is 59.7 Å². The topological polar surface area (TPSA) is 75.6 Å². The number of rotatable bonds is 5. The van der Waals surface area contributed by atoms with E-state index in [0.717, 1.165) is 22.3 Å². The average molecular weight is 325 g/mol. The molecular weight excluding hydrogens is 306 g/mol. The number of carbonyl (C=O) groups excluding carboxylic acids is 2. The molecule has 5 heteroatoms. The highest BCUT2D eigenvalue weighted by molar-refractivity contribution is 5.87. The zero-order chi connectivity index (χ0) is 17.1. The fourth-order valence-corrected chi connectivity index (χ4v) is 3.24. The van der Waals surface area contributed by atoms with E-state index in [1.165, 1.54) is 7.11 Å². The largest absolute Gasteiger partial charge is 0.467 e. The number of hydrogen-bond acceptors (Lipinski definition) is 4. The average Bonchev–Trinajstić information content (AvgIpc) is 2.93. The maximum absolute atomic E-state index is 12.4. The van der Waals surface area contributed by atoms with Gasteiger partial charge in [0.15, 0.2) is 6.04 Å². The zero-order valence-electron chi connectivity index (χ0n) is 13.4. The van der Waals surface area contributed by atoms with Crippen LogP contribution in [-0.4, -0.2) is 36.7 Å². The Balaban J connectivity index is 1.82. The molecule has 0 radical (unpaired) electrons. The van der Waals surface area contributed by atoms with E-state index in [1.54, 1.807) is 0 Å². The second-order valence-corrected chi connectivity index (χ2v) is 5.76. The number of fused-ring (bicyclic) bond motifs is 3. The monoisotopic (exact) mass is 325 g/mol. The van der Waals surface area contributed by atoms with Crippen LogP contribution in [0.3, 0.4) is 0 Å². The Morgan fingerprint density at radius 3 is 2.12 bits per heavy atom. The molecule has 3 rings (SSSR count). The molecule has 5 nitrogen and oxygen atoms in total. The molecule has 0 fully saturated rings. The van der Waals surface area contributed by atoms with E-state index in [9.17, 15) is 14.7 Å². The molecule has 1 aliphatic carbocycles. The molecule has 1 atom stereocenters. The van der Waals surface area contributed by atoms with Crippen molar-refractivity contribution in [2.45, 2.75) is 18.4 Å². The van der Waals surface area contributed by atoms with Crippen LogP contribution in [0.2, 0.25) is 0 Å². The highest BCUT2D eigenvalue weighted by Crippen LogP contribution is 2.45. The van der Waals surface area contributed by atoms with E-state index in [0.29, 0.717) is 0 Å². The van der Waals surface area contributed by atoms with Crippen molar-refractivity contribution >= 4 is 11.9 Å². The molecule has 1 amide bonds. The van der Waals surface area contributed by atoms with Crippen molar-refractivity contribution in [2.24, 2.45) is 0 Å². The molecule has 1 unspecified atom stereocenters. The maximum atomic E-state index is 12.4. The van der Waals surface area contributed by atoms with E-state index in [-0.39, 0.29) is 18.2 Å². The first-order valence-corrected chi connectivity index (χ1v) is 7.82. The molecule has 0 bridgehead atoms. The maximum Gasteiger partial charge on any atom is 0.330 e. The number of ether oxygens (including phenoxy) is 1. The summed E-state index contributed by atoms with van der Waals surface area (Å²) in [5.41, 5.74) is 4.48. The Labute approximate surface area is 140 Å². The normalized spacial score (nSPS) is 13.8. The minimum absolute atomic E-state index is 0.0608. The second kappa shape index (κ2) is 6.84. The number of carbonyl (C=O) groups is 2. The summed E-state index contributed by atoms with van der Waals surface area (Å²) in [6, 6.07) is 15.0. The van der Waals surface area contributed by atoms with Gasteiger partial charge in [-0.3, -0.25) is 4.79 Å².